The molecule has 3 nitrogen and oxygen atoms in total. The lowest BCUT2D eigenvalue weighted by molar-refractivity contribution is 0.191. The van der Waals surface area contributed by atoms with Crippen molar-refractivity contribution < 1.29 is 13.5 Å². The summed E-state index contributed by atoms with van der Waals surface area (Å²) in [5, 5.41) is 8.83. The monoisotopic (exact) mass is 282 g/mol. The number of aliphatic hydroxyl groups excluding tert-OH is 1. The first kappa shape index (κ1) is 14.5. The van der Waals surface area contributed by atoms with E-state index in [1.807, 2.05) is 12.1 Å². The minimum absolute atomic E-state index is 0.179. The molecule has 19 heavy (non-hydrogen) atoms. The molecule has 2 rings (SSSR count). The number of sulfone groups is 1. The van der Waals surface area contributed by atoms with E-state index in [2.05, 4.69) is 6.92 Å². The van der Waals surface area contributed by atoms with E-state index in [1.165, 1.54) is 0 Å². The summed E-state index contributed by atoms with van der Waals surface area (Å²) in [6.45, 7) is 2.23. The van der Waals surface area contributed by atoms with E-state index in [-0.39, 0.29) is 17.8 Å². The minimum Gasteiger partial charge on any atom is -0.396 e. The van der Waals surface area contributed by atoms with Crippen molar-refractivity contribution in [3.63, 3.8) is 0 Å². The van der Waals surface area contributed by atoms with Crippen LogP contribution >= 0.6 is 0 Å². The van der Waals surface area contributed by atoms with Gasteiger partial charge in [-0.1, -0.05) is 19.1 Å². The summed E-state index contributed by atoms with van der Waals surface area (Å²) in [5.41, 5.74) is 1.16. The molecule has 0 saturated heterocycles. The molecule has 1 fully saturated rings. The van der Waals surface area contributed by atoms with Gasteiger partial charge in [0, 0.05) is 6.61 Å². The van der Waals surface area contributed by atoms with Crippen LogP contribution in [0.25, 0.3) is 0 Å². The van der Waals surface area contributed by atoms with Gasteiger partial charge in [0.25, 0.3) is 0 Å². The average molecular weight is 282 g/mol. The zero-order valence-corrected chi connectivity index (χ0v) is 12.2. The van der Waals surface area contributed by atoms with Crippen LogP contribution in [0.4, 0.5) is 0 Å². The van der Waals surface area contributed by atoms with Crippen LogP contribution in [-0.4, -0.2) is 25.4 Å². The molecule has 4 heteroatoms. The normalized spacial score (nSPS) is 24.3. The van der Waals surface area contributed by atoms with E-state index >= 15 is 0 Å². The zero-order chi connectivity index (χ0) is 13.9. The van der Waals surface area contributed by atoms with Crippen molar-refractivity contribution in [1.29, 1.82) is 0 Å². The Morgan fingerprint density at radius 1 is 1.11 bits per heavy atom. The maximum Gasteiger partial charge on any atom is 0.181 e. The Kier molecular flexibility index (Phi) is 4.63. The summed E-state index contributed by atoms with van der Waals surface area (Å²) in [5.74, 6) is 0.286. The summed E-state index contributed by atoms with van der Waals surface area (Å²) in [7, 11) is -3.20. The standard InChI is InChI=1S/C15H22O3S/c1-2-12-3-7-14(8-4-12)19(17,18)15-9-5-13(11-16)6-10-15/h3-4,7-8,13,15-16H,2,5-6,9-11H2,1H3. The van der Waals surface area contributed by atoms with Gasteiger partial charge in [0.2, 0.25) is 0 Å². The van der Waals surface area contributed by atoms with Gasteiger partial charge in [-0.25, -0.2) is 8.42 Å². The van der Waals surface area contributed by atoms with Crippen molar-refractivity contribution >= 4 is 9.84 Å². The van der Waals surface area contributed by atoms with Gasteiger partial charge in [0.1, 0.15) is 0 Å². The summed E-state index contributed by atoms with van der Waals surface area (Å²) in [6, 6.07) is 7.25. The molecule has 1 aliphatic carbocycles. The van der Waals surface area contributed by atoms with Crippen molar-refractivity contribution in [3.05, 3.63) is 29.8 Å². The first-order chi connectivity index (χ1) is 9.07. The second kappa shape index (κ2) is 6.06. The van der Waals surface area contributed by atoms with Gasteiger partial charge < -0.3 is 5.11 Å². The lowest BCUT2D eigenvalue weighted by Crippen LogP contribution is -2.28. The number of hydrogen-bond acceptors (Lipinski definition) is 3. The quantitative estimate of drug-likeness (QED) is 0.923. The first-order valence-corrected chi connectivity index (χ1v) is 8.56. The van der Waals surface area contributed by atoms with E-state index in [0.717, 1.165) is 24.8 Å². The Balaban J connectivity index is 2.13. The van der Waals surface area contributed by atoms with E-state index < -0.39 is 9.84 Å². The molecular weight excluding hydrogens is 260 g/mol. The van der Waals surface area contributed by atoms with Crippen LogP contribution in [0.3, 0.4) is 0 Å². The van der Waals surface area contributed by atoms with Gasteiger partial charge in [0.05, 0.1) is 10.1 Å². The smallest absolute Gasteiger partial charge is 0.181 e. The second-order valence-corrected chi connectivity index (χ2v) is 7.60. The molecule has 0 amide bonds. The highest BCUT2D eigenvalue weighted by Crippen LogP contribution is 2.31. The topological polar surface area (TPSA) is 54.4 Å². The van der Waals surface area contributed by atoms with Crippen molar-refractivity contribution in [2.45, 2.75) is 49.2 Å². The highest BCUT2D eigenvalue weighted by molar-refractivity contribution is 7.92. The van der Waals surface area contributed by atoms with Crippen LogP contribution in [-0.2, 0) is 16.3 Å². The minimum atomic E-state index is -3.20. The highest BCUT2D eigenvalue weighted by atomic mass is 32.2. The Morgan fingerprint density at radius 2 is 1.68 bits per heavy atom. The van der Waals surface area contributed by atoms with Gasteiger partial charge >= 0.3 is 0 Å². The Bertz CT molecular complexity index is 497. The van der Waals surface area contributed by atoms with Crippen LogP contribution in [0, 0.1) is 5.92 Å². The molecule has 0 radical (unpaired) electrons. The Hall–Kier alpha value is -0.870. The Labute approximate surface area is 115 Å². The summed E-state index contributed by atoms with van der Waals surface area (Å²) in [6.07, 6.45) is 3.88. The van der Waals surface area contributed by atoms with Gasteiger partial charge in [-0.3, -0.25) is 0 Å². The molecule has 0 aromatic heterocycles. The summed E-state index contributed by atoms with van der Waals surface area (Å²) >= 11 is 0. The fraction of sp³-hybridized carbons (Fsp3) is 0.600. The van der Waals surface area contributed by atoms with Gasteiger partial charge in [-0.05, 0) is 55.7 Å². The molecule has 1 N–H and O–H groups in total. The molecule has 106 valence electrons. The predicted octanol–water partition coefficient (Wildman–Crippen LogP) is 2.57. The number of rotatable bonds is 4. The summed E-state index contributed by atoms with van der Waals surface area (Å²) < 4.78 is 25.0. The number of aryl methyl sites for hydroxylation is 1. The molecule has 0 spiro atoms. The number of aliphatic hydroxyl groups is 1. The van der Waals surface area contributed by atoms with Crippen LogP contribution in [0.15, 0.2) is 29.2 Å². The van der Waals surface area contributed by atoms with Crippen molar-refractivity contribution in [2.75, 3.05) is 6.61 Å². The van der Waals surface area contributed by atoms with E-state index in [9.17, 15) is 8.42 Å². The van der Waals surface area contributed by atoms with Gasteiger partial charge in [0.15, 0.2) is 9.84 Å². The summed E-state index contributed by atoms with van der Waals surface area (Å²) in [4.78, 5) is 0.442. The van der Waals surface area contributed by atoms with E-state index in [0.29, 0.717) is 17.7 Å². The molecular formula is C15H22O3S. The second-order valence-electron chi connectivity index (χ2n) is 5.37. The maximum atomic E-state index is 12.5. The number of benzene rings is 1. The van der Waals surface area contributed by atoms with Crippen molar-refractivity contribution in [2.24, 2.45) is 5.92 Å². The third-order valence-electron chi connectivity index (χ3n) is 4.15. The van der Waals surface area contributed by atoms with Crippen LogP contribution < -0.4 is 0 Å². The molecule has 0 atom stereocenters. The molecule has 0 heterocycles. The lowest BCUT2D eigenvalue weighted by Gasteiger charge is -2.27. The largest absolute Gasteiger partial charge is 0.396 e. The molecule has 1 aliphatic rings. The van der Waals surface area contributed by atoms with Crippen LogP contribution in [0.1, 0.15) is 38.2 Å². The van der Waals surface area contributed by atoms with E-state index in [1.54, 1.807) is 12.1 Å². The fourth-order valence-electron chi connectivity index (χ4n) is 2.73. The molecule has 1 aromatic rings. The third kappa shape index (κ3) is 3.18. The zero-order valence-electron chi connectivity index (χ0n) is 11.4. The molecule has 0 unspecified atom stereocenters. The average Bonchev–Trinajstić information content (AvgIpc) is 2.47. The third-order valence-corrected chi connectivity index (χ3v) is 6.43. The lowest BCUT2D eigenvalue weighted by atomic mass is 9.90. The van der Waals surface area contributed by atoms with Crippen LogP contribution in [0.5, 0.6) is 0 Å². The molecule has 1 aromatic carbocycles. The van der Waals surface area contributed by atoms with Crippen molar-refractivity contribution in [3.8, 4) is 0 Å². The van der Waals surface area contributed by atoms with Crippen molar-refractivity contribution in [1.82, 2.24) is 0 Å². The number of hydrogen-bond donors (Lipinski definition) is 1. The molecule has 1 saturated carbocycles. The molecule has 0 aliphatic heterocycles. The maximum absolute atomic E-state index is 12.5. The predicted molar refractivity (Wildman–Crippen MR) is 75.8 cm³/mol. The van der Waals surface area contributed by atoms with Gasteiger partial charge in [-0.15, -0.1) is 0 Å². The van der Waals surface area contributed by atoms with Crippen LogP contribution in [0.2, 0.25) is 0 Å². The highest BCUT2D eigenvalue weighted by Gasteiger charge is 2.31. The van der Waals surface area contributed by atoms with Gasteiger partial charge in [-0.2, -0.15) is 0 Å². The SMILES string of the molecule is CCc1ccc(S(=O)(=O)C2CCC(CO)CC2)cc1. The van der Waals surface area contributed by atoms with E-state index in [4.69, 9.17) is 5.11 Å². The Morgan fingerprint density at radius 3 is 2.16 bits per heavy atom. The molecule has 0 bridgehead atoms. The first-order valence-electron chi connectivity index (χ1n) is 7.01. The fourth-order valence-corrected chi connectivity index (χ4v) is 4.53.